The van der Waals surface area contributed by atoms with Crippen LogP contribution in [0.5, 0.6) is 0 Å². The molecule has 2 fully saturated rings. The first kappa shape index (κ1) is 16.6. The standard InChI is InChI=1S/C18H25ClN2O2/c19-15-6-3-7-16(12-15)20-17(22)21-10-8-18(23,9-11-21)13-14-4-1-2-5-14/h3,6-7,12,14,23H,1-2,4-5,8-11,13H2,(H,20,22). The van der Waals surface area contributed by atoms with E-state index in [1.165, 1.54) is 25.7 Å². The number of rotatable bonds is 3. The van der Waals surface area contributed by atoms with Gasteiger partial charge in [0.1, 0.15) is 0 Å². The maximum Gasteiger partial charge on any atom is 0.321 e. The number of piperidine rings is 1. The van der Waals surface area contributed by atoms with Crippen molar-refractivity contribution >= 4 is 23.3 Å². The average molecular weight is 337 g/mol. The smallest absolute Gasteiger partial charge is 0.321 e. The number of halogens is 1. The molecule has 0 atom stereocenters. The summed E-state index contributed by atoms with van der Waals surface area (Å²) in [6.07, 6.45) is 7.35. The number of urea groups is 1. The highest BCUT2D eigenvalue weighted by Gasteiger charge is 2.36. The number of hydrogen-bond acceptors (Lipinski definition) is 2. The minimum Gasteiger partial charge on any atom is -0.390 e. The van der Waals surface area contributed by atoms with Crippen LogP contribution in [-0.4, -0.2) is 34.7 Å². The number of benzene rings is 1. The Labute approximate surface area is 142 Å². The minimum absolute atomic E-state index is 0.116. The predicted molar refractivity (Wildman–Crippen MR) is 92.8 cm³/mol. The highest BCUT2D eigenvalue weighted by atomic mass is 35.5. The molecule has 5 heteroatoms. The van der Waals surface area contributed by atoms with E-state index in [2.05, 4.69) is 5.32 Å². The highest BCUT2D eigenvalue weighted by Crippen LogP contribution is 2.36. The summed E-state index contributed by atoms with van der Waals surface area (Å²) in [5.41, 5.74) is 0.122. The van der Waals surface area contributed by atoms with Crippen LogP contribution in [0.3, 0.4) is 0 Å². The van der Waals surface area contributed by atoms with Crippen LogP contribution in [0, 0.1) is 5.92 Å². The number of carbonyl (C=O) groups excluding carboxylic acids is 1. The summed E-state index contributed by atoms with van der Waals surface area (Å²) in [5.74, 6) is 0.673. The van der Waals surface area contributed by atoms with E-state index >= 15 is 0 Å². The molecule has 1 heterocycles. The van der Waals surface area contributed by atoms with Crippen molar-refractivity contribution in [2.45, 2.75) is 50.5 Å². The first-order valence-corrected chi connectivity index (χ1v) is 8.96. The van der Waals surface area contributed by atoms with Gasteiger partial charge in [0.15, 0.2) is 0 Å². The zero-order valence-corrected chi connectivity index (χ0v) is 14.2. The van der Waals surface area contributed by atoms with Crippen molar-refractivity contribution in [1.82, 2.24) is 4.90 Å². The van der Waals surface area contributed by atoms with Gasteiger partial charge in [0.2, 0.25) is 0 Å². The van der Waals surface area contributed by atoms with Gasteiger partial charge in [0.05, 0.1) is 5.60 Å². The van der Waals surface area contributed by atoms with Gasteiger partial charge in [0, 0.05) is 23.8 Å². The van der Waals surface area contributed by atoms with Gasteiger partial charge >= 0.3 is 6.03 Å². The van der Waals surface area contributed by atoms with Gasteiger partial charge in [-0.05, 0) is 43.4 Å². The van der Waals surface area contributed by atoms with E-state index in [9.17, 15) is 9.90 Å². The van der Waals surface area contributed by atoms with E-state index in [1.54, 1.807) is 17.0 Å². The molecule has 0 unspecified atom stereocenters. The summed E-state index contributed by atoms with van der Waals surface area (Å²) in [5, 5.41) is 14.3. The monoisotopic (exact) mass is 336 g/mol. The average Bonchev–Trinajstić information content (AvgIpc) is 3.00. The van der Waals surface area contributed by atoms with Gasteiger partial charge in [-0.3, -0.25) is 0 Å². The maximum absolute atomic E-state index is 12.3. The second-order valence-electron chi connectivity index (χ2n) is 7.01. The number of anilines is 1. The van der Waals surface area contributed by atoms with Gasteiger partial charge in [-0.1, -0.05) is 43.4 Å². The molecule has 1 aliphatic heterocycles. The van der Waals surface area contributed by atoms with E-state index in [0.29, 0.717) is 42.6 Å². The van der Waals surface area contributed by atoms with Crippen LogP contribution in [0.2, 0.25) is 5.02 Å². The lowest BCUT2D eigenvalue weighted by atomic mass is 9.82. The van der Waals surface area contributed by atoms with Crippen molar-refractivity contribution in [3.05, 3.63) is 29.3 Å². The third-order valence-corrected chi connectivity index (χ3v) is 5.44. The molecule has 126 valence electrons. The summed E-state index contributed by atoms with van der Waals surface area (Å²) >= 11 is 5.93. The van der Waals surface area contributed by atoms with Crippen molar-refractivity contribution in [3.63, 3.8) is 0 Å². The molecular formula is C18H25ClN2O2. The zero-order valence-electron chi connectivity index (χ0n) is 13.4. The highest BCUT2D eigenvalue weighted by molar-refractivity contribution is 6.30. The summed E-state index contributed by atoms with van der Waals surface area (Å²) in [7, 11) is 0. The Kier molecular flexibility index (Phi) is 5.12. The molecule has 1 saturated carbocycles. The van der Waals surface area contributed by atoms with E-state index in [-0.39, 0.29) is 6.03 Å². The second-order valence-corrected chi connectivity index (χ2v) is 7.44. The van der Waals surface area contributed by atoms with Crippen molar-refractivity contribution in [1.29, 1.82) is 0 Å². The summed E-state index contributed by atoms with van der Waals surface area (Å²) in [6, 6.07) is 7.04. The number of aliphatic hydroxyl groups is 1. The molecule has 3 rings (SSSR count). The molecule has 2 amide bonds. The van der Waals surface area contributed by atoms with Crippen molar-refractivity contribution in [2.75, 3.05) is 18.4 Å². The van der Waals surface area contributed by atoms with Crippen LogP contribution in [0.4, 0.5) is 10.5 Å². The zero-order chi connectivity index (χ0) is 16.3. The SMILES string of the molecule is O=C(Nc1cccc(Cl)c1)N1CCC(O)(CC2CCCC2)CC1. The fourth-order valence-corrected chi connectivity index (χ4v) is 4.04. The predicted octanol–water partition coefficient (Wildman–Crippen LogP) is 4.28. The van der Waals surface area contributed by atoms with Crippen molar-refractivity contribution in [3.8, 4) is 0 Å². The number of amides is 2. The lowest BCUT2D eigenvalue weighted by Crippen LogP contribution is -2.48. The molecule has 1 aliphatic carbocycles. The van der Waals surface area contributed by atoms with Crippen LogP contribution >= 0.6 is 11.6 Å². The fourth-order valence-electron chi connectivity index (χ4n) is 3.85. The Morgan fingerprint density at radius 1 is 1.30 bits per heavy atom. The van der Waals surface area contributed by atoms with Crippen LogP contribution in [-0.2, 0) is 0 Å². The van der Waals surface area contributed by atoms with Gasteiger partial charge in [0.25, 0.3) is 0 Å². The summed E-state index contributed by atoms with van der Waals surface area (Å²) in [4.78, 5) is 14.1. The van der Waals surface area contributed by atoms with Crippen LogP contribution < -0.4 is 5.32 Å². The Bertz CT molecular complexity index is 550. The molecule has 1 saturated heterocycles. The number of carbonyl (C=O) groups is 1. The third kappa shape index (κ3) is 4.39. The number of nitrogens with zero attached hydrogens (tertiary/aromatic N) is 1. The normalized spacial score (nSPS) is 21.4. The van der Waals surface area contributed by atoms with Crippen LogP contribution in [0.1, 0.15) is 44.9 Å². The molecule has 0 bridgehead atoms. The largest absolute Gasteiger partial charge is 0.390 e. The topological polar surface area (TPSA) is 52.6 Å². The van der Waals surface area contributed by atoms with Gasteiger partial charge in [-0.2, -0.15) is 0 Å². The summed E-state index contributed by atoms with van der Waals surface area (Å²) < 4.78 is 0. The number of likely N-dealkylation sites (tertiary alicyclic amines) is 1. The molecule has 0 aromatic heterocycles. The van der Waals surface area contributed by atoms with E-state index in [4.69, 9.17) is 11.6 Å². The molecule has 0 spiro atoms. The van der Waals surface area contributed by atoms with Gasteiger partial charge in [-0.25, -0.2) is 4.79 Å². The maximum atomic E-state index is 12.3. The van der Waals surface area contributed by atoms with Crippen molar-refractivity contribution in [2.24, 2.45) is 5.92 Å². The van der Waals surface area contributed by atoms with Crippen molar-refractivity contribution < 1.29 is 9.90 Å². The first-order valence-electron chi connectivity index (χ1n) is 8.58. The first-order chi connectivity index (χ1) is 11.0. The van der Waals surface area contributed by atoms with Gasteiger partial charge in [-0.15, -0.1) is 0 Å². The lowest BCUT2D eigenvalue weighted by Gasteiger charge is -2.39. The van der Waals surface area contributed by atoms with Crippen LogP contribution in [0.15, 0.2) is 24.3 Å². The quantitative estimate of drug-likeness (QED) is 0.865. The van der Waals surface area contributed by atoms with E-state index in [0.717, 1.165) is 6.42 Å². The Morgan fingerprint density at radius 2 is 2.00 bits per heavy atom. The molecule has 23 heavy (non-hydrogen) atoms. The minimum atomic E-state index is -0.582. The molecule has 2 N–H and O–H groups in total. The summed E-state index contributed by atoms with van der Waals surface area (Å²) in [6.45, 7) is 1.21. The molecule has 1 aromatic carbocycles. The van der Waals surface area contributed by atoms with E-state index in [1.807, 2.05) is 12.1 Å². The fraction of sp³-hybridized carbons (Fsp3) is 0.611. The Balaban J connectivity index is 1.50. The molecule has 1 aromatic rings. The Hall–Kier alpha value is -1.26. The third-order valence-electron chi connectivity index (χ3n) is 5.20. The Morgan fingerprint density at radius 3 is 2.65 bits per heavy atom. The molecule has 4 nitrogen and oxygen atoms in total. The second kappa shape index (κ2) is 7.10. The molecular weight excluding hydrogens is 312 g/mol. The number of nitrogens with one attached hydrogen (secondary N) is 1. The van der Waals surface area contributed by atoms with Gasteiger partial charge < -0.3 is 15.3 Å². The van der Waals surface area contributed by atoms with E-state index < -0.39 is 5.60 Å². The molecule has 0 radical (unpaired) electrons. The number of hydrogen-bond donors (Lipinski definition) is 2. The molecule has 2 aliphatic rings. The lowest BCUT2D eigenvalue weighted by molar-refractivity contribution is -0.0295. The van der Waals surface area contributed by atoms with Crippen LogP contribution in [0.25, 0.3) is 0 Å².